The van der Waals surface area contributed by atoms with E-state index in [4.69, 9.17) is 44.2 Å². The van der Waals surface area contributed by atoms with Gasteiger partial charge in [0.15, 0.2) is 0 Å². The number of benzene rings is 2. The Hall–Kier alpha value is 1.40. The Morgan fingerprint density at radius 1 is 0.293 bits per heavy atom. The number of hydrogen-bond acceptors (Lipinski definition) is 6. The van der Waals surface area contributed by atoms with Gasteiger partial charge >= 0.3 is 0 Å². The summed E-state index contributed by atoms with van der Waals surface area (Å²) >= 11 is 10.3. The first kappa shape index (κ1) is 61.5. The number of hydrogen-bond donors (Lipinski definition) is 0. The molecule has 0 aromatic heterocycles. The maximum absolute atomic E-state index is 5.15. The normalized spacial score (nSPS) is 18.3. The van der Waals surface area contributed by atoms with Gasteiger partial charge in [-0.05, 0) is 196 Å². The molecule has 8 heteroatoms. The molecule has 4 aliphatic heterocycles. The van der Waals surface area contributed by atoms with Crippen LogP contribution in [0.4, 0.5) is 0 Å². The van der Waals surface area contributed by atoms with E-state index in [2.05, 4.69) is 65.8 Å². The Bertz CT molecular complexity index is 946. The van der Waals surface area contributed by atoms with Crippen molar-refractivity contribution in [3.05, 3.63) is 160 Å². The van der Waals surface area contributed by atoms with E-state index in [1.165, 1.54) is 84.7 Å². The SMILES string of the molecule is C1CCOC1.C1CCOC1.C1CCOC1.C1CCOC1.Cc1cc(C)c([S-])c(C)c1.Cc1cc(C)c([S-])c(C)c1.[CH]1[CH][CH][CH][CH][CH][CH][CH]1.[CH]1[CH][CH][CH][CH][CH][CH][CH]1.[Sm].[Sm]. The van der Waals surface area contributed by atoms with Crippen molar-refractivity contribution in [2.45, 2.75) is 103 Å². The standard InChI is InChI=1S/2C9H12S.2C8H8.4C4H8O.2Sm/c2*1-6-4-7(2)9(10)8(3)5-6;2*1-2-4-6-8-7-5-3-1;4*1-2-4-5-3-1;;/h2*4-5,10H,1-3H3;2*1-8H;4*1-4H2;;/p-2. The van der Waals surface area contributed by atoms with Gasteiger partial charge in [-0.2, -0.15) is 9.79 Å². The molecule has 8 rings (SSSR count). The fourth-order valence-corrected chi connectivity index (χ4v) is 5.64. The summed E-state index contributed by atoms with van der Waals surface area (Å²) < 4.78 is 19.8. The van der Waals surface area contributed by atoms with E-state index < -0.39 is 0 Å². The third-order valence-electron chi connectivity index (χ3n) is 8.30. The Balaban J connectivity index is 0. The molecular formula is C50H70O4S2Sm2-2. The molecule has 58 heavy (non-hydrogen) atoms. The monoisotopic (exact) mass is 1100 g/mol. The van der Waals surface area contributed by atoms with Crippen molar-refractivity contribution in [2.75, 3.05) is 52.9 Å². The molecule has 2 aliphatic carbocycles. The first-order valence-corrected chi connectivity index (χ1v) is 21.2. The summed E-state index contributed by atoms with van der Waals surface area (Å²) in [7, 11) is 0. The van der Waals surface area contributed by atoms with E-state index in [1.807, 2.05) is 103 Å². The van der Waals surface area contributed by atoms with Gasteiger partial charge in [-0.1, -0.05) is 57.6 Å². The molecule has 0 spiro atoms. The molecule has 0 atom stereocenters. The Morgan fingerprint density at radius 3 is 0.534 bits per heavy atom. The van der Waals surface area contributed by atoms with Crippen LogP contribution in [-0.4, -0.2) is 52.9 Å². The van der Waals surface area contributed by atoms with Crippen molar-refractivity contribution in [1.29, 1.82) is 0 Å². The van der Waals surface area contributed by atoms with Crippen molar-refractivity contribution in [3.63, 3.8) is 0 Å². The molecule has 4 saturated heterocycles. The quantitative estimate of drug-likeness (QED) is 0.245. The molecule has 2 aromatic carbocycles. The third kappa shape index (κ3) is 37.9. The van der Waals surface area contributed by atoms with E-state index in [0.29, 0.717) is 0 Å². The summed E-state index contributed by atoms with van der Waals surface area (Å²) in [6.07, 6.45) is 42.2. The van der Waals surface area contributed by atoms with Crippen LogP contribution in [0.1, 0.15) is 84.7 Å². The van der Waals surface area contributed by atoms with Gasteiger partial charge < -0.3 is 44.2 Å². The summed E-state index contributed by atoms with van der Waals surface area (Å²) in [4.78, 5) is 2.01. The van der Waals surface area contributed by atoms with Gasteiger partial charge in [0, 0.05) is 134 Å². The third-order valence-corrected chi connectivity index (χ3v) is 9.58. The zero-order chi connectivity index (χ0) is 40.9. The zero-order valence-corrected chi connectivity index (χ0v) is 43.0. The number of ether oxygens (including phenoxy) is 4. The maximum Gasteiger partial charge on any atom is 0.0466 e. The van der Waals surface area contributed by atoms with Crippen LogP contribution in [0.15, 0.2) is 34.1 Å². The predicted molar refractivity (Wildman–Crippen MR) is 242 cm³/mol. The van der Waals surface area contributed by atoms with Crippen LogP contribution in [-0.2, 0) is 44.2 Å². The minimum absolute atomic E-state index is 0. The smallest absolute Gasteiger partial charge is 0.0466 e. The average Bonchev–Trinajstić information content (AvgIpc) is 4.01. The fraction of sp³-hybridized carbons (Fsp3) is 0.440. The molecular weight excluding hydrogens is 1030 g/mol. The zero-order valence-electron chi connectivity index (χ0n) is 36.1. The Kier molecular flexibility index (Phi) is 47.7. The first-order chi connectivity index (χ1) is 27.2. The fourth-order valence-electron chi connectivity index (χ4n) is 5.40. The molecule has 0 unspecified atom stereocenters. The first-order valence-electron chi connectivity index (χ1n) is 20.4. The number of aryl methyl sites for hydroxylation is 6. The molecule has 6 aliphatic rings. The van der Waals surface area contributed by atoms with Crippen LogP contribution < -0.4 is 0 Å². The van der Waals surface area contributed by atoms with Gasteiger partial charge in [0.25, 0.3) is 0 Å². The van der Waals surface area contributed by atoms with Crippen molar-refractivity contribution in [1.82, 2.24) is 0 Å². The van der Waals surface area contributed by atoms with E-state index in [-0.39, 0.29) is 80.8 Å². The van der Waals surface area contributed by atoms with E-state index >= 15 is 0 Å². The second-order valence-electron chi connectivity index (χ2n) is 13.8. The Labute approximate surface area is 435 Å². The maximum atomic E-state index is 5.15. The van der Waals surface area contributed by atoms with Gasteiger partial charge in [-0.25, -0.2) is 0 Å². The molecule has 0 amide bonds. The van der Waals surface area contributed by atoms with Crippen LogP contribution in [0.25, 0.3) is 0 Å². The summed E-state index contributed by atoms with van der Waals surface area (Å²) in [6, 6.07) is 8.48. The van der Waals surface area contributed by atoms with Gasteiger partial charge in [0.1, 0.15) is 0 Å². The summed E-state index contributed by atoms with van der Waals surface area (Å²) in [6.45, 7) is 20.4. The molecule has 0 N–H and O–H groups in total. The second-order valence-corrected chi connectivity index (χ2v) is 14.6. The molecule has 2 saturated carbocycles. The van der Waals surface area contributed by atoms with Crippen LogP contribution in [0.5, 0.6) is 0 Å². The summed E-state index contributed by atoms with van der Waals surface area (Å²) in [5, 5.41) is 0. The van der Waals surface area contributed by atoms with Gasteiger partial charge in [0.05, 0.1) is 0 Å². The second kappa shape index (κ2) is 45.0. The number of rotatable bonds is 0. The van der Waals surface area contributed by atoms with E-state index in [0.717, 1.165) is 62.6 Å². The largest absolute Gasteiger partial charge is 0.779 e. The summed E-state index contributed by atoms with van der Waals surface area (Å²) in [5.41, 5.74) is 7.45. The van der Waals surface area contributed by atoms with Crippen molar-refractivity contribution in [3.8, 4) is 0 Å². The van der Waals surface area contributed by atoms with Gasteiger partial charge in [0.2, 0.25) is 0 Å². The van der Waals surface area contributed by atoms with E-state index in [1.54, 1.807) is 0 Å². The average molecular weight is 1100 g/mol. The van der Waals surface area contributed by atoms with Crippen molar-refractivity contribution < 1.29 is 99.7 Å². The van der Waals surface area contributed by atoms with Gasteiger partial charge in [-0.15, -0.1) is 0 Å². The molecule has 320 valence electrons. The molecule has 16 radical (unpaired) electrons. The predicted octanol–water partition coefficient (Wildman–Crippen LogP) is 11.5. The minimum atomic E-state index is 0. The topological polar surface area (TPSA) is 36.9 Å². The van der Waals surface area contributed by atoms with Crippen molar-refractivity contribution >= 4 is 25.3 Å². The van der Waals surface area contributed by atoms with Gasteiger partial charge in [-0.3, -0.25) is 0 Å². The van der Waals surface area contributed by atoms with Crippen LogP contribution >= 0.6 is 0 Å². The molecule has 2 aromatic rings. The minimum Gasteiger partial charge on any atom is -0.779 e. The van der Waals surface area contributed by atoms with Crippen LogP contribution in [0.2, 0.25) is 0 Å². The Morgan fingerprint density at radius 2 is 0.431 bits per heavy atom. The summed E-state index contributed by atoms with van der Waals surface area (Å²) in [5.74, 6) is 0. The van der Waals surface area contributed by atoms with Crippen LogP contribution in [0.3, 0.4) is 0 Å². The molecule has 4 heterocycles. The molecule has 4 nitrogen and oxygen atoms in total. The molecule has 0 bridgehead atoms. The molecule has 6 fully saturated rings. The van der Waals surface area contributed by atoms with Crippen molar-refractivity contribution in [2.24, 2.45) is 0 Å². The van der Waals surface area contributed by atoms with Crippen LogP contribution in [0, 0.1) is 225 Å². The van der Waals surface area contributed by atoms with E-state index in [9.17, 15) is 0 Å².